The van der Waals surface area contributed by atoms with Crippen LogP contribution < -0.4 is 4.74 Å². The summed E-state index contributed by atoms with van der Waals surface area (Å²) in [4.78, 5) is 4.90. The second-order valence-electron chi connectivity index (χ2n) is 15.3. The predicted octanol–water partition coefficient (Wildman–Crippen LogP) is 12.5. The van der Waals surface area contributed by atoms with E-state index in [-0.39, 0.29) is 32.4 Å². The van der Waals surface area contributed by atoms with E-state index in [2.05, 4.69) is 163 Å². The van der Waals surface area contributed by atoms with E-state index >= 15 is 0 Å². The normalized spacial score (nSPS) is 12.4. The van der Waals surface area contributed by atoms with Gasteiger partial charge in [-0.25, -0.2) is 4.98 Å². The van der Waals surface area contributed by atoms with Crippen LogP contribution in [0.25, 0.3) is 44.4 Å². The van der Waals surface area contributed by atoms with Gasteiger partial charge in [0.2, 0.25) is 0 Å². The molecule has 1 atom stereocenters. The molecule has 3 aromatic heterocycles. The van der Waals surface area contributed by atoms with E-state index < -0.39 is 0 Å². The first-order valence-electron chi connectivity index (χ1n) is 18.9. The SMILES string of the molecule is CCc1nn(-c2[c-]c(Oc3[c-]c4c(cc3)c3cc(C(C)CC)ccc3n4-c3cc(C(C)(C)C)ccn3)cc(C(C)C)c2)c(CC)c1-c1ccccc1.[Pt+2]. The van der Waals surface area contributed by atoms with Crippen molar-refractivity contribution in [2.24, 2.45) is 0 Å². The number of nitrogens with zero attached hydrogens (tertiary/aromatic N) is 4. The summed E-state index contributed by atoms with van der Waals surface area (Å²) in [5, 5.41) is 7.49. The van der Waals surface area contributed by atoms with Crippen LogP contribution in [0.5, 0.6) is 11.5 Å². The topological polar surface area (TPSA) is 44.9 Å². The van der Waals surface area contributed by atoms with Gasteiger partial charge in [-0.15, -0.1) is 41.3 Å². The predicted molar refractivity (Wildman–Crippen MR) is 216 cm³/mol. The van der Waals surface area contributed by atoms with E-state index in [1.807, 2.05) is 12.3 Å². The molecule has 0 bridgehead atoms. The summed E-state index contributed by atoms with van der Waals surface area (Å²) in [7, 11) is 0. The van der Waals surface area contributed by atoms with Crippen LogP contribution in [0.15, 0.2) is 91.1 Å². The molecule has 274 valence electrons. The molecule has 3 heterocycles. The third-order valence-corrected chi connectivity index (χ3v) is 10.4. The van der Waals surface area contributed by atoms with Crippen molar-refractivity contribution in [2.75, 3.05) is 0 Å². The van der Waals surface area contributed by atoms with E-state index in [1.54, 1.807) is 0 Å². The maximum absolute atomic E-state index is 6.72. The molecule has 0 radical (unpaired) electrons. The second-order valence-corrected chi connectivity index (χ2v) is 15.3. The van der Waals surface area contributed by atoms with E-state index in [0.717, 1.165) is 58.4 Å². The van der Waals surface area contributed by atoms with Gasteiger partial charge in [-0.3, -0.25) is 4.68 Å². The molecular formula is C47H50N4OPt. The summed E-state index contributed by atoms with van der Waals surface area (Å²) in [5.74, 6) is 2.90. The number of hydrogen-bond donors (Lipinski definition) is 0. The summed E-state index contributed by atoms with van der Waals surface area (Å²) < 4.78 is 11.0. The van der Waals surface area contributed by atoms with Crippen molar-refractivity contribution in [3.8, 4) is 34.1 Å². The molecule has 53 heavy (non-hydrogen) atoms. The van der Waals surface area contributed by atoms with Crippen molar-refractivity contribution in [3.05, 3.63) is 131 Å². The van der Waals surface area contributed by atoms with Crippen molar-refractivity contribution in [2.45, 2.75) is 98.8 Å². The van der Waals surface area contributed by atoms with E-state index in [9.17, 15) is 0 Å². The largest absolute Gasteiger partial charge is 2.00 e. The minimum Gasteiger partial charge on any atom is -0.509 e. The third-order valence-electron chi connectivity index (χ3n) is 10.4. The summed E-state index contributed by atoms with van der Waals surface area (Å²) in [5.41, 5.74) is 11.3. The molecule has 0 aliphatic heterocycles. The van der Waals surface area contributed by atoms with Gasteiger partial charge in [-0.05, 0) is 82.5 Å². The van der Waals surface area contributed by atoms with Crippen LogP contribution in [-0.2, 0) is 39.3 Å². The van der Waals surface area contributed by atoms with Crippen molar-refractivity contribution in [1.29, 1.82) is 0 Å². The van der Waals surface area contributed by atoms with Gasteiger partial charge in [0.1, 0.15) is 5.82 Å². The van der Waals surface area contributed by atoms with Crippen LogP contribution in [0.2, 0.25) is 0 Å². The quantitative estimate of drug-likeness (QED) is 0.129. The number of ether oxygens (including phenoxy) is 1. The van der Waals surface area contributed by atoms with Gasteiger partial charge in [-0.1, -0.05) is 110 Å². The number of pyridine rings is 1. The summed E-state index contributed by atoms with van der Waals surface area (Å²) in [6, 6.07) is 37.6. The molecule has 0 saturated heterocycles. The Morgan fingerprint density at radius 3 is 2.23 bits per heavy atom. The molecule has 7 aromatic rings. The average molecular weight is 882 g/mol. The molecule has 1 unspecified atom stereocenters. The molecule has 0 spiro atoms. The number of hydrogen-bond acceptors (Lipinski definition) is 3. The zero-order valence-corrected chi connectivity index (χ0v) is 34.7. The maximum atomic E-state index is 6.72. The minimum atomic E-state index is -0.0148. The van der Waals surface area contributed by atoms with Gasteiger partial charge in [0, 0.05) is 34.5 Å². The number of aromatic nitrogens is 4. The van der Waals surface area contributed by atoms with Gasteiger partial charge in [-0.2, -0.15) is 11.2 Å². The fourth-order valence-electron chi connectivity index (χ4n) is 7.17. The first-order chi connectivity index (χ1) is 25.0. The molecule has 0 saturated carbocycles. The maximum Gasteiger partial charge on any atom is 2.00 e. The zero-order chi connectivity index (χ0) is 36.7. The Hall–Kier alpha value is -4.47. The van der Waals surface area contributed by atoms with Gasteiger partial charge in [0.05, 0.1) is 5.69 Å². The minimum absolute atomic E-state index is 0. The Bertz CT molecular complexity index is 2380. The molecule has 0 amide bonds. The Morgan fingerprint density at radius 1 is 0.774 bits per heavy atom. The van der Waals surface area contributed by atoms with E-state index in [1.165, 1.54) is 33.3 Å². The summed E-state index contributed by atoms with van der Waals surface area (Å²) in [6.45, 7) is 20.0. The summed E-state index contributed by atoms with van der Waals surface area (Å²) >= 11 is 0. The third kappa shape index (κ3) is 7.38. The first kappa shape index (κ1) is 38.3. The van der Waals surface area contributed by atoms with Crippen molar-refractivity contribution < 1.29 is 25.8 Å². The molecule has 4 aromatic carbocycles. The van der Waals surface area contributed by atoms with Crippen LogP contribution in [0.1, 0.15) is 109 Å². The Labute approximate surface area is 329 Å². The standard InChI is InChI=1S/C47H50N4O.Pt/c1-10-31(6)33-18-21-43-40(26-33)39-20-19-37(29-44(39)50(43)45-27-35(22-23-48-45)47(7,8)9)52-38-25-34(30(4)5)24-36(28-38)51-42(12-3)46(41(11-2)49-51)32-16-14-13-15-17-32;/h13-27,30-31H,10-12H2,1-9H3;/q-2;+2. The van der Waals surface area contributed by atoms with Gasteiger partial charge < -0.3 is 9.30 Å². The number of aryl methyl sites for hydroxylation is 1. The van der Waals surface area contributed by atoms with Crippen LogP contribution in [-0.4, -0.2) is 19.3 Å². The molecule has 5 nitrogen and oxygen atoms in total. The fraction of sp³-hybridized carbons (Fsp3) is 0.319. The molecule has 0 N–H and O–H groups in total. The fourth-order valence-corrected chi connectivity index (χ4v) is 7.17. The smallest absolute Gasteiger partial charge is 0.509 e. The molecular weight excluding hydrogens is 832 g/mol. The molecule has 0 aliphatic rings. The van der Waals surface area contributed by atoms with Crippen LogP contribution in [0.4, 0.5) is 0 Å². The molecule has 6 heteroatoms. The average Bonchev–Trinajstić information content (AvgIpc) is 3.69. The molecule has 0 fully saturated rings. The van der Waals surface area contributed by atoms with Crippen LogP contribution in [0, 0.1) is 12.1 Å². The Kier molecular flexibility index (Phi) is 11.2. The monoisotopic (exact) mass is 881 g/mol. The van der Waals surface area contributed by atoms with Crippen molar-refractivity contribution in [1.82, 2.24) is 19.3 Å². The number of rotatable bonds is 10. The van der Waals surface area contributed by atoms with Gasteiger partial charge >= 0.3 is 21.1 Å². The van der Waals surface area contributed by atoms with Crippen molar-refractivity contribution >= 4 is 21.8 Å². The van der Waals surface area contributed by atoms with Gasteiger partial charge in [0.25, 0.3) is 0 Å². The zero-order valence-electron chi connectivity index (χ0n) is 32.4. The van der Waals surface area contributed by atoms with Gasteiger partial charge in [0.15, 0.2) is 0 Å². The summed E-state index contributed by atoms with van der Waals surface area (Å²) in [6.07, 6.45) is 4.68. The molecule has 7 rings (SSSR count). The van der Waals surface area contributed by atoms with E-state index in [4.69, 9.17) is 14.8 Å². The van der Waals surface area contributed by atoms with Crippen LogP contribution in [0.3, 0.4) is 0 Å². The number of benzene rings is 4. The van der Waals surface area contributed by atoms with Crippen molar-refractivity contribution in [3.63, 3.8) is 0 Å². The Morgan fingerprint density at radius 2 is 1.55 bits per heavy atom. The van der Waals surface area contributed by atoms with Crippen LogP contribution >= 0.6 is 0 Å². The number of fused-ring (bicyclic) bond motifs is 3. The molecule has 0 aliphatic carbocycles. The Balaban J connectivity index is 0.00000481. The van der Waals surface area contributed by atoms with E-state index in [0.29, 0.717) is 17.4 Å². The first-order valence-corrected chi connectivity index (χ1v) is 18.9. The second kappa shape index (κ2) is 15.5.